The first-order chi connectivity index (χ1) is 9.71. The van der Waals surface area contributed by atoms with Gasteiger partial charge in [0.1, 0.15) is 0 Å². The molecule has 0 radical (unpaired) electrons. The van der Waals surface area contributed by atoms with Gasteiger partial charge < -0.3 is 19.5 Å². The van der Waals surface area contributed by atoms with E-state index in [0.717, 1.165) is 30.0 Å². The minimum Gasteiger partial charge on any atom is -0.493 e. The number of hydrogen-bond acceptors (Lipinski definition) is 5. The van der Waals surface area contributed by atoms with E-state index in [0.29, 0.717) is 19.6 Å². The van der Waals surface area contributed by atoms with Crippen molar-refractivity contribution in [3.8, 4) is 11.5 Å². The third-order valence-electron chi connectivity index (χ3n) is 2.85. The van der Waals surface area contributed by atoms with Gasteiger partial charge in [-0.1, -0.05) is 6.07 Å². The molecule has 0 heterocycles. The van der Waals surface area contributed by atoms with Crippen LogP contribution in [-0.4, -0.2) is 39.9 Å². The zero-order valence-corrected chi connectivity index (χ0v) is 13.6. The molecule has 0 atom stereocenters. The van der Waals surface area contributed by atoms with Crippen molar-refractivity contribution >= 4 is 18.4 Å². The van der Waals surface area contributed by atoms with Crippen LogP contribution in [0.3, 0.4) is 0 Å². The first kappa shape index (κ1) is 19.5. The molecule has 1 N–H and O–H groups in total. The summed E-state index contributed by atoms with van der Waals surface area (Å²) < 4.78 is 15.3. The second-order valence-electron chi connectivity index (χ2n) is 4.24. The fraction of sp³-hybridized carbons (Fsp3) is 0.533. The quantitative estimate of drug-likeness (QED) is 0.559. The van der Waals surface area contributed by atoms with E-state index in [9.17, 15) is 4.79 Å². The van der Waals surface area contributed by atoms with Gasteiger partial charge in [0.25, 0.3) is 0 Å². The predicted octanol–water partition coefficient (Wildman–Crippen LogP) is 2.21. The highest BCUT2D eigenvalue weighted by Gasteiger charge is 2.04. The smallest absolute Gasteiger partial charge is 0.307 e. The number of methoxy groups -OCH3 is 2. The second kappa shape index (κ2) is 11.2. The van der Waals surface area contributed by atoms with Gasteiger partial charge in [-0.2, -0.15) is 0 Å². The number of esters is 1. The van der Waals surface area contributed by atoms with Crippen LogP contribution >= 0.6 is 12.4 Å². The van der Waals surface area contributed by atoms with E-state index >= 15 is 0 Å². The summed E-state index contributed by atoms with van der Waals surface area (Å²) in [6.45, 7) is 3.67. The topological polar surface area (TPSA) is 56.8 Å². The summed E-state index contributed by atoms with van der Waals surface area (Å²) >= 11 is 0. The maximum atomic E-state index is 11.1. The standard InChI is InChI=1S/C15H23NO4.ClH/c1-4-20-15(17)8-10-16-9-7-12-5-6-13(18-2)14(11-12)19-3;/h5-6,11,16H,4,7-10H2,1-3H3;1H. The molecule has 0 amide bonds. The van der Waals surface area contributed by atoms with E-state index in [4.69, 9.17) is 14.2 Å². The summed E-state index contributed by atoms with van der Waals surface area (Å²) in [6, 6.07) is 5.87. The highest BCUT2D eigenvalue weighted by Crippen LogP contribution is 2.27. The molecule has 0 fully saturated rings. The second-order valence-corrected chi connectivity index (χ2v) is 4.24. The number of rotatable bonds is 9. The first-order valence-corrected chi connectivity index (χ1v) is 6.78. The van der Waals surface area contributed by atoms with Crippen molar-refractivity contribution < 1.29 is 19.0 Å². The Morgan fingerprint density at radius 2 is 1.86 bits per heavy atom. The molecule has 0 saturated carbocycles. The Morgan fingerprint density at radius 3 is 2.48 bits per heavy atom. The third-order valence-corrected chi connectivity index (χ3v) is 2.85. The van der Waals surface area contributed by atoms with Gasteiger partial charge in [-0.05, 0) is 37.6 Å². The molecular formula is C15H24ClNO4. The van der Waals surface area contributed by atoms with E-state index in [1.165, 1.54) is 0 Å². The SMILES string of the molecule is CCOC(=O)CCNCCc1ccc(OC)c(OC)c1.Cl. The van der Waals surface area contributed by atoms with E-state index in [1.807, 2.05) is 25.1 Å². The summed E-state index contributed by atoms with van der Waals surface area (Å²) in [5.74, 6) is 1.30. The summed E-state index contributed by atoms with van der Waals surface area (Å²) in [5, 5.41) is 3.22. The number of nitrogens with one attached hydrogen (secondary N) is 1. The number of halogens is 1. The third kappa shape index (κ3) is 7.20. The van der Waals surface area contributed by atoms with Gasteiger partial charge >= 0.3 is 5.97 Å². The molecule has 0 unspecified atom stereocenters. The van der Waals surface area contributed by atoms with Crippen LogP contribution in [0.4, 0.5) is 0 Å². The fourth-order valence-electron chi connectivity index (χ4n) is 1.82. The van der Waals surface area contributed by atoms with Gasteiger partial charge in [-0.15, -0.1) is 12.4 Å². The van der Waals surface area contributed by atoms with Crippen molar-refractivity contribution in [2.75, 3.05) is 33.9 Å². The lowest BCUT2D eigenvalue weighted by Gasteiger charge is -2.10. The maximum Gasteiger partial charge on any atom is 0.307 e. The van der Waals surface area contributed by atoms with Crippen LogP contribution < -0.4 is 14.8 Å². The molecule has 1 rings (SSSR count). The van der Waals surface area contributed by atoms with Crippen molar-refractivity contribution in [2.45, 2.75) is 19.8 Å². The highest BCUT2D eigenvalue weighted by atomic mass is 35.5. The van der Waals surface area contributed by atoms with Gasteiger partial charge in [0.2, 0.25) is 0 Å². The molecule has 120 valence electrons. The van der Waals surface area contributed by atoms with Crippen molar-refractivity contribution in [1.82, 2.24) is 5.32 Å². The van der Waals surface area contributed by atoms with Crippen LogP contribution in [0.25, 0.3) is 0 Å². The maximum absolute atomic E-state index is 11.1. The van der Waals surface area contributed by atoms with Crippen LogP contribution in [-0.2, 0) is 16.0 Å². The molecule has 0 saturated heterocycles. The van der Waals surface area contributed by atoms with Gasteiger partial charge in [0.15, 0.2) is 11.5 Å². The molecule has 1 aromatic carbocycles. The molecule has 0 aromatic heterocycles. The zero-order chi connectivity index (χ0) is 14.8. The van der Waals surface area contributed by atoms with E-state index in [1.54, 1.807) is 14.2 Å². The molecule has 5 nitrogen and oxygen atoms in total. The fourth-order valence-corrected chi connectivity index (χ4v) is 1.82. The van der Waals surface area contributed by atoms with Crippen molar-refractivity contribution in [2.24, 2.45) is 0 Å². The monoisotopic (exact) mass is 317 g/mol. The minimum absolute atomic E-state index is 0. The van der Waals surface area contributed by atoms with Crippen LogP contribution in [0.2, 0.25) is 0 Å². The largest absolute Gasteiger partial charge is 0.493 e. The van der Waals surface area contributed by atoms with Gasteiger partial charge in [-0.3, -0.25) is 4.79 Å². The predicted molar refractivity (Wildman–Crippen MR) is 84.6 cm³/mol. The van der Waals surface area contributed by atoms with Crippen molar-refractivity contribution in [3.63, 3.8) is 0 Å². The summed E-state index contributed by atoms with van der Waals surface area (Å²) in [4.78, 5) is 11.1. The van der Waals surface area contributed by atoms with Crippen molar-refractivity contribution in [1.29, 1.82) is 0 Å². The van der Waals surface area contributed by atoms with Crippen LogP contribution in [0.1, 0.15) is 18.9 Å². The lowest BCUT2D eigenvalue weighted by Crippen LogP contribution is -2.21. The molecule has 0 bridgehead atoms. The Hall–Kier alpha value is -1.46. The Kier molecular flexibility index (Phi) is 10.4. The lowest BCUT2D eigenvalue weighted by molar-refractivity contribution is -0.142. The molecular weight excluding hydrogens is 294 g/mol. The van der Waals surface area contributed by atoms with E-state index in [-0.39, 0.29) is 18.4 Å². The number of ether oxygens (including phenoxy) is 3. The van der Waals surface area contributed by atoms with E-state index in [2.05, 4.69) is 5.32 Å². The Labute approximate surface area is 132 Å². The normalized spacial score (nSPS) is 9.67. The molecule has 21 heavy (non-hydrogen) atoms. The Balaban J connectivity index is 0.00000400. The summed E-state index contributed by atoms with van der Waals surface area (Å²) in [5.41, 5.74) is 1.16. The summed E-state index contributed by atoms with van der Waals surface area (Å²) in [6.07, 6.45) is 1.27. The number of carbonyl (C=O) groups excluding carboxylic acids is 1. The summed E-state index contributed by atoms with van der Waals surface area (Å²) in [7, 11) is 3.24. The molecule has 0 aliphatic rings. The highest BCUT2D eigenvalue weighted by molar-refractivity contribution is 5.85. The number of benzene rings is 1. The molecule has 0 aliphatic carbocycles. The molecule has 0 aliphatic heterocycles. The van der Waals surface area contributed by atoms with Gasteiger partial charge in [-0.25, -0.2) is 0 Å². The lowest BCUT2D eigenvalue weighted by atomic mass is 10.1. The van der Waals surface area contributed by atoms with Crippen LogP contribution in [0, 0.1) is 0 Å². The van der Waals surface area contributed by atoms with Gasteiger partial charge in [0.05, 0.1) is 27.2 Å². The minimum atomic E-state index is -0.161. The van der Waals surface area contributed by atoms with Crippen LogP contribution in [0.15, 0.2) is 18.2 Å². The Morgan fingerprint density at radius 1 is 1.14 bits per heavy atom. The molecule has 0 spiro atoms. The molecule has 6 heteroatoms. The average Bonchev–Trinajstić information content (AvgIpc) is 2.47. The van der Waals surface area contributed by atoms with Crippen LogP contribution in [0.5, 0.6) is 11.5 Å². The van der Waals surface area contributed by atoms with E-state index < -0.39 is 0 Å². The molecule has 1 aromatic rings. The Bertz CT molecular complexity index is 426. The zero-order valence-electron chi connectivity index (χ0n) is 12.8. The van der Waals surface area contributed by atoms with Crippen molar-refractivity contribution in [3.05, 3.63) is 23.8 Å². The first-order valence-electron chi connectivity index (χ1n) is 6.78. The number of hydrogen-bond donors (Lipinski definition) is 1. The number of carbonyl (C=O) groups is 1. The van der Waals surface area contributed by atoms with Gasteiger partial charge in [0, 0.05) is 6.54 Å². The average molecular weight is 318 g/mol.